The summed E-state index contributed by atoms with van der Waals surface area (Å²) >= 11 is 1.47. The second kappa shape index (κ2) is 28.0. The van der Waals surface area contributed by atoms with Crippen LogP contribution < -0.4 is 33.9 Å². The number of carbonyl (C=O) groups is 3. The van der Waals surface area contributed by atoms with Crippen LogP contribution in [0.15, 0.2) is 11.6 Å². The number of hydrogen-bond donors (Lipinski definition) is 1. The molecule has 0 aliphatic rings. The summed E-state index contributed by atoms with van der Waals surface area (Å²) in [7, 11) is 1.45. The highest BCUT2D eigenvalue weighted by molar-refractivity contribution is 7.09. The number of hydrogen-bond acceptors (Lipinski definition) is 7. The van der Waals surface area contributed by atoms with Crippen LogP contribution >= 0.6 is 11.3 Å². The monoisotopic (exact) mass is 739 g/mol. The van der Waals surface area contributed by atoms with Gasteiger partial charge in [0.1, 0.15) is 32.4 Å². The lowest BCUT2D eigenvalue weighted by Crippen LogP contribution is -3.00. The predicted octanol–water partition coefficient (Wildman–Crippen LogP) is 4.55. The molecule has 1 aromatic heterocycles. The number of aryl methyl sites for hydroxylation is 1. The Bertz CT molecular complexity index is 857. The van der Waals surface area contributed by atoms with E-state index in [1.54, 1.807) is 0 Å². The number of methoxy groups -OCH3 is 1. The molecule has 0 saturated carbocycles. The zero-order valence-corrected chi connectivity index (χ0v) is 30.2. The van der Waals surface area contributed by atoms with Gasteiger partial charge >= 0.3 is 12.2 Å². The molecule has 9 nitrogen and oxygen atoms in total. The van der Waals surface area contributed by atoms with E-state index in [0.717, 1.165) is 29.3 Å². The lowest BCUT2D eigenvalue weighted by molar-refractivity contribution is -0.696. The first-order chi connectivity index (χ1) is 20.4. The largest absolute Gasteiger partial charge is 1.00 e. The second-order valence-electron chi connectivity index (χ2n) is 11.0. The lowest BCUT2D eigenvalue weighted by Gasteiger charge is -2.20. The fourth-order valence-electron chi connectivity index (χ4n) is 4.69. The van der Waals surface area contributed by atoms with Crippen molar-refractivity contribution in [2.75, 3.05) is 26.9 Å². The molecule has 1 heterocycles. The molecule has 11 heteroatoms. The number of imide groups is 1. The minimum Gasteiger partial charge on any atom is -1.00 e. The van der Waals surface area contributed by atoms with Crippen LogP contribution in [0.4, 0.5) is 9.59 Å². The Kier molecular flexibility index (Phi) is 27.1. The van der Waals surface area contributed by atoms with E-state index in [4.69, 9.17) is 14.2 Å². The van der Waals surface area contributed by atoms with Crippen molar-refractivity contribution in [2.24, 2.45) is 0 Å². The van der Waals surface area contributed by atoms with E-state index >= 15 is 0 Å². The van der Waals surface area contributed by atoms with Crippen molar-refractivity contribution < 1.29 is 57.1 Å². The fraction of sp³-hybridized carbons (Fsp3) is 0.812. The summed E-state index contributed by atoms with van der Waals surface area (Å²) in [6.45, 7) is 6.83. The summed E-state index contributed by atoms with van der Waals surface area (Å²) in [6, 6.07) is 0. The van der Waals surface area contributed by atoms with Crippen LogP contribution in [0.3, 0.4) is 0 Å². The first-order valence-corrected chi connectivity index (χ1v) is 17.1. The Balaban J connectivity index is 0.0000176. The van der Waals surface area contributed by atoms with E-state index in [-0.39, 0.29) is 43.7 Å². The van der Waals surface area contributed by atoms with Gasteiger partial charge in [0.25, 0.3) is 5.01 Å². The summed E-state index contributed by atoms with van der Waals surface area (Å²) < 4.78 is 17.8. The number of rotatable bonds is 25. The number of amides is 3. The Morgan fingerprint density at radius 1 is 0.837 bits per heavy atom. The predicted molar refractivity (Wildman–Crippen MR) is 167 cm³/mol. The molecular formula is C32H58IN3O6S. The van der Waals surface area contributed by atoms with E-state index < -0.39 is 24.2 Å². The molecule has 0 aromatic carbocycles. The van der Waals surface area contributed by atoms with Gasteiger partial charge in [0.2, 0.25) is 5.91 Å². The summed E-state index contributed by atoms with van der Waals surface area (Å²) in [5.41, 5.74) is 0. The average Bonchev–Trinajstić information content (AvgIpc) is 3.44. The van der Waals surface area contributed by atoms with Crippen LogP contribution in [-0.4, -0.2) is 56.0 Å². The number of carbonyl (C=O) groups excluding carboxylic acids is 3. The van der Waals surface area contributed by atoms with Gasteiger partial charge in [-0.25, -0.2) is 14.5 Å². The summed E-state index contributed by atoms with van der Waals surface area (Å²) in [5.74, 6) is -0.408. The minimum absolute atomic E-state index is 0. The molecule has 1 N–H and O–H groups in total. The maximum absolute atomic E-state index is 12.6. The maximum Gasteiger partial charge on any atom is 0.417 e. The molecular weight excluding hydrogens is 681 g/mol. The highest BCUT2D eigenvalue weighted by Crippen LogP contribution is 2.14. The van der Waals surface area contributed by atoms with Gasteiger partial charge in [-0.15, -0.1) is 0 Å². The third-order valence-electron chi connectivity index (χ3n) is 7.43. The molecule has 0 spiro atoms. The average molecular weight is 740 g/mol. The zero-order valence-electron chi connectivity index (χ0n) is 27.2. The number of nitrogens with one attached hydrogen (secondary N) is 1. The van der Waals surface area contributed by atoms with Crippen LogP contribution in [0, 0.1) is 0 Å². The van der Waals surface area contributed by atoms with E-state index in [1.807, 2.05) is 23.1 Å². The van der Waals surface area contributed by atoms with Crippen LogP contribution in [0.2, 0.25) is 0 Å². The van der Waals surface area contributed by atoms with Crippen LogP contribution in [0.5, 0.6) is 0 Å². The molecule has 0 saturated heterocycles. The Morgan fingerprint density at radius 3 is 1.84 bits per heavy atom. The molecule has 3 amide bonds. The van der Waals surface area contributed by atoms with E-state index in [1.165, 1.54) is 115 Å². The van der Waals surface area contributed by atoms with Gasteiger partial charge in [-0.2, -0.15) is 4.57 Å². The number of alkyl carbamates (subject to hydrolysis) is 1. The number of halogens is 1. The third-order valence-corrected chi connectivity index (χ3v) is 8.32. The Hall–Kier alpha value is -1.47. The van der Waals surface area contributed by atoms with Crippen LogP contribution in [-0.2, 0) is 32.1 Å². The molecule has 250 valence electrons. The van der Waals surface area contributed by atoms with Gasteiger partial charge in [0.05, 0.1) is 5.38 Å². The molecule has 1 aromatic rings. The fourth-order valence-corrected chi connectivity index (χ4v) is 5.59. The normalized spacial score (nSPS) is 11.4. The Morgan fingerprint density at radius 2 is 1.35 bits per heavy atom. The number of ether oxygens (including phenoxy) is 3. The van der Waals surface area contributed by atoms with Gasteiger partial charge in [-0.3, -0.25) is 4.79 Å². The lowest BCUT2D eigenvalue weighted by atomic mass is 10.0. The molecule has 1 atom stereocenters. The first kappa shape index (κ1) is 41.5. The van der Waals surface area contributed by atoms with Crippen LogP contribution in [0.1, 0.15) is 129 Å². The number of unbranched alkanes of at least 4 members (excludes halogenated alkanes) is 15. The number of aromatic nitrogens is 1. The van der Waals surface area contributed by atoms with Crippen molar-refractivity contribution in [3.8, 4) is 0 Å². The van der Waals surface area contributed by atoms with Gasteiger partial charge < -0.3 is 43.5 Å². The van der Waals surface area contributed by atoms with E-state index in [9.17, 15) is 14.4 Å². The molecule has 1 rings (SSSR count). The highest BCUT2D eigenvalue weighted by Gasteiger charge is 2.26. The minimum atomic E-state index is -0.756. The van der Waals surface area contributed by atoms with Crippen molar-refractivity contribution >= 4 is 29.4 Å². The molecule has 43 heavy (non-hydrogen) atoms. The van der Waals surface area contributed by atoms with Crippen LogP contribution in [0.25, 0.3) is 0 Å². The SMILES string of the molecule is CCCCCCCCCCCCCCCCCCNC(=O)OCC(COC(=O)N(Cc1scc[n+]1CC)C(C)=O)OC.[I-]. The molecule has 0 aliphatic carbocycles. The highest BCUT2D eigenvalue weighted by atomic mass is 127. The summed E-state index contributed by atoms with van der Waals surface area (Å²) in [6.07, 6.45) is 21.0. The van der Waals surface area contributed by atoms with Crippen molar-refractivity contribution in [1.82, 2.24) is 10.2 Å². The molecule has 0 radical (unpaired) electrons. The van der Waals surface area contributed by atoms with E-state index in [2.05, 4.69) is 12.2 Å². The van der Waals surface area contributed by atoms with Crippen molar-refractivity contribution in [2.45, 2.75) is 143 Å². The number of nitrogens with zero attached hydrogens (tertiary/aromatic N) is 2. The van der Waals surface area contributed by atoms with Crippen molar-refractivity contribution in [1.29, 1.82) is 0 Å². The first-order valence-electron chi connectivity index (χ1n) is 16.3. The van der Waals surface area contributed by atoms with Crippen molar-refractivity contribution in [3.63, 3.8) is 0 Å². The smallest absolute Gasteiger partial charge is 0.417 e. The standard InChI is InChI=1S/C32H57N3O6S.HI/c1-5-7-8-9-10-11-12-13-14-15-16-17-18-19-20-21-22-33-31(37)40-26-29(39-4)27-41-32(38)35(28(3)36)25-30-34(6-2)23-24-42-30;/h23-24,29H,5-22,25-27H2,1-4H3;1H. The van der Waals surface area contributed by atoms with Gasteiger partial charge in [-0.1, -0.05) is 115 Å². The zero-order chi connectivity index (χ0) is 30.8. The van der Waals surface area contributed by atoms with Gasteiger partial charge in [0, 0.05) is 20.6 Å². The third kappa shape index (κ3) is 21.0. The Labute approximate surface area is 281 Å². The van der Waals surface area contributed by atoms with Crippen molar-refractivity contribution in [3.05, 3.63) is 16.6 Å². The summed E-state index contributed by atoms with van der Waals surface area (Å²) in [4.78, 5) is 37.7. The topological polar surface area (TPSA) is 98.0 Å². The molecule has 0 bridgehead atoms. The number of thiazole rings is 1. The maximum atomic E-state index is 12.6. The second-order valence-corrected chi connectivity index (χ2v) is 11.9. The van der Waals surface area contributed by atoms with E-state index in [0.29, 0.717) is 6.54 Å². The molecule has 0 aliphatic heterocycles. The van der Waals surface area contributed by atoms with Gasteiger partial charge in [-0.05, 0) is 13.3 Å². The summed E-state index contributed by atoms with van der Waals surface area (Å²) in [5, 5.41) is 5.55. The molecule has 1 unspecified atom stereocenters. The quantitative estimate of drug-likeness (QED) is 0.0899. The molecule has 0 fully saturated rings. The van der Waals surface area contributed by atoms with Gasteiger partial charge in [0.15, 0.2) is 6.20 Å².